The topological polar surface area (TPSA) is 0 Å². The minimum Gasteiger partial charge on any atom is -0.147 e. The molecule has 0 bridgehead atoms. The summed E-state index contributed by atoms with van der Waals surface area (Å²) in [5.41, 5.74) is 4.85. The van der Waals surface area contributed by atoms with E-state index in [1.165, 1.54) is 9.70 Å². The van der Waals surface area contributed by atoms with Gasteiger partial charge in [-0.05, 0) is 0 Å². The van der Waals surface area contributed by atoms with Crippen LogP contribution in [0, 0.1) is 5.41 Å². The average molecular weight is 471 g/mol. The summed E-state index contributed by atoms with van der Waals surface area (Å²) >= 11 is -2.95. The number of rotatable bonds is 5. The first-order chi connectivity index (χ1) is 11.4. The molecule has 3 aliphatic carbocycles. The van der Waals surface area contributed by atoms with E-state index in [1.807, 2.05) is 0 Å². The molecule has 0 aromatic rings. The molecule has 0 spiro atoms. The van der Waals surface area contributed by atoms with Crippen LogP contribution in [-0.4, -0.2) is 0 Å². The standard InChI is InChI=1S/C10H15.2C5H5.C3H5.2ClH.Zr/c1-7-6-10(4,5)9(3)8(7)2;2*1-2-4-5-3-1;1-3-2;;;/h1-5H3;2*1-3H,4H2;3H,1-2H2;2*1H;. The van der Waals surface area contributed by atoms with Crippen molar-refractivity contribution in [1.82, 2.24) is 0 Å². The quantitative estimate of drug-likeness (QED) is 0.358. The fraction of sp³-hybridized carbons (Fsp3) is 0.391. The van der Waals surface area contributed by atoms with Crippen LogP contribution in [-0.2, 0) is 20.3 Å². The summed E-state index contributed by atoms with van der Waals surface area (Å²) in [4.78, 5) is 0. The van der Waals surface area contributed by atoms with Crippen molar-refractivity contribution in [3.8, 4) is 0 Å². The Morgan fingerprint density at radius 2 is 1.46 bits per heavy atom. The van der Waals surface area contributed by atoms with Crippen molar-refractivity contribution in [2.45, 2.75) is 51.6 Å². The SMILES string of the molecule is C=C[CH2][Zr]([C]1=CC=CC1)([C]1=CC=CC1)[C]1=C(C)C(C)=C(C)C1(C)C.Cl.Cl. The molecule has 0 saturated carbocycles. The van der Waals surface area contributed by atoms with Gasteiger partial charge in [0.2, 0.25) is 0 Å². The summed E-state index contributed by atoms with van der Waals surface area (Å²) in [6, 6.07) is 0. The minimum absolute atomic E-state index is 0. The van der Waals surface area contributed by atoms with Crippen molar-refractivity contribution in [2.24, 2.45) is 5.41 Å². The van der Waals surface area contributed by atoms with Crippen LogP contribution in [0.2, 0.25) is 4.13 Å². The maximum absolute atomic E-state index is 4.19. The molecule has 0 nitrogen and oxygen atoms in total. The van der Waals surface area contributed by atoms with Crippen molar-refractivity contribution in [2.75, 3.05) is 0 Å². The Bertz CT molecular complexity index is 740. The minimum atomic E-state index is -2.95. The third kappa shape index (κ3) is 3.41. The van der Waals surface area contributed by atoms with E-state index in [4.69, 9.17) is 0 Å². The zero-order chi connectivity index (χ0) is 17.5. The molecule has 0 radical (unpaired) electrons. The molecule has 0 aromatic heterocycles. The normalized spacial score (nSPS) is 20.8. The first-order valence-corrected chi connectivity index (χ1v) is 14.5. The molecule has 0 fully saturated rings. The first-order valence-electron chi connectivity index (χ1n) is 9.10. The average Bonchev–Trinajstić information content (AvgIpc) is 3.27. The number of hydrogen-bond acceptors (Lipinski definition) is 0. The van der Waals surface area contributed by atoms with Gasteiger partial charge in [0, 0.05) is 0 Å². The Morgan fingerprint density at radius 1 is 0.962 bits per heavy atom. The molecule has 0 heterocycles. The second-order valence-electron chi connectivity index (χ2n) is 7.92. The van der Waals surface area contributed by atoms with E-state index < -0.39 is 20.3 Å². The Balaban J connectivity index is 0.00000169. The second-order valence-corrected chi connectivity index (χ2v) is 17.8. The molecule has 26 heavy (non-hydrogen) atoms. The largest absolute Gasteiger partial charge is 0.147 e. The van der Waals surface area contributed by atoms with Crippen LogP contribution in [0.1, 0.15) is 47.5 Å². The van der Waals surface area contributed by atoms with Crippen molar-refractivity contribution < 1.29 is 20.3 Å². The van der Waals surface area contributed by atoms with Gasteiger partial charge in [-0.15, -0.1) is 24.8 Å². The van der Waals surface area contributed by atoms with Crippen molar-refractivity contribution in [1.29, 1.82) is 0 Å². The van der Waals surface area contributed by atoms with E-state index in [2.05, 4.69) is 83.7 Å². The van der Waals surface area contributed by atoms with E-state index in [9.17, 15) is 0 Å². The molecular weight excluding hydrogens is 438 g/mol. The predicted molar refractivity (Wildman–Crippen MR) is 118 cm³/mol. The molecule has 0 aromatic carbocycles. The summed E-state index contributed by atoms with van der Waals surface area (Å²) in [5.74, 6) is 0. The molecule has 0 atom stereocenters. The molecular formula is C23H32Cl2Zr. The van der Waals surface area contributed by atoms with Gasteiger partial charge in [-0.2, -0.15) is 0 Å². The molecule has 0 unspecified atom stereocenters. The van der Waals surface area contributed by atoms with E-state index in [1.54, 1.807) is 21.0 Å². The van der Waals surface area contributed by atoms with Gasteiger partial charge in [-0.25, -0.2) is 0 Å². The van der Waals surface area contributed by atoms with E-state index >= 15 is 0 Å². The number of allylic oxidation sites excluding steroid dienone is 13. The van der Waals surface area contributed by atoms with Crippen molar-refractivity contribution in [3.05, 3.63) is 75.7 Å². The van der Waals surface area contributed by atoms with Crippen LogP contribution < -0.4 is 0 Å². The fourth-order valence-electron chi connectivity index (χ4n) is 5.08. The van der Waals surface area contributed by atoms with Crippen LogP contribution in [0.5, 0.6) is 0 Å². The van der Waals surface area contributed by atoms with Crippen LogP contribution in [0.25, 0.3) is 0 Å². The third-order valence-corrected chi connectivity index (χ3v) is 20.6. The van der Waals surface area contributed by atoms with Gasteiger partial charge < -0.3 is 0 Å². The number of hydrogen-bond donors (Lipinski definition) is 0. The number of halogens is 2. The van der Waals surface area contributed by atoms with Gasteiger partial charge in [-0.3, -0.25) is 0 Å². The predicted octanol–water partition coefficient (Wildman–Crippen LogP) is 7.93. The monoisotopic (exact) mass is 468 g/mol. The maximum Gasteiger partial charge on any atom is -0.147 e. The van der Waals surface area contributed by atoms with Gasteiger partial charge in [0.25, 0.3) is 0 Å². The van der Waals surface area contributed by atoms with Gasteiger partial charge in [0.05, 0.1) is 0 Å². The summed E-state index contributed by atoms with van der Waals surface area (Å²) in [6.45, 7) is 16.2. The molecule has 0 N–H and O–H groups in total. The zero-order valence-electron chi connectivity index (χ0n) is 16.7. The van der Waals surface area contributed by atoms with Gasteiger partial charge in [0.1, 0.15) is 0 Å². The van der Waals surface area contributed by atoms with Crippen molar-refractivity contribution in [3.63, 3.8) is 0 Å². The van der Waals surface area contributed by atoms with E-state index in [-0.39, 0.29) is 30.2 Å². The van der Waals surface area contributed by atoms with Crippen LogP contribution in [0.3, 0.4) is 0 Å². The Hall–Kier alpha value is -0.357. The Labute approximate surface area is 176 Å². The zero-order valence-corrected chi connectivity index (χ0v) is 20.8. The second kappa shape index (κ2) is 8.77. The molecule has 3 rings (SSSR count). The fourth-order valence-corrected chi connectivity index (χ4v) is 19.8. The smallest absolute Gasteiger partial charge is 0.147 e. The molecule has 3 heteroatoms. The van der Waals surface area contributed by atoms with Crippen molar-refractivity contribution >= 4 is 24.8 Å². The first kappa shape index (κ1) is 23.7. The third-order valence-electron chi connectivity index (χ3n) is 6.58. The molecule has 142 valence electrons. The Kier molecular flexibility index (Phi) is 7.98. The molecule has 0 amide bonds. The molecule has 3 aliphatic rings. The van der Waals surface area contributed by atoms with Gasteiger partial charge >= 0.3 is 153 Å². The summed E-state index contributed by atoms with van der Waals surface area (Å²) in [6.07, 6.45) is 18.6. The summed E-state index contributed by atoms with van der Waals surface area (Å²) in [7, 11) is 0. The van der Waals surface area contributed by atoms with Crippen LogP contribution in [0.4, 0.5) is 0 Å². The van der Waals surface area contributed by atoms with Gasteiger partial charge in [0.15, 0.2) is 0 Å². The summed E-state index contributed by atoms with van der Waals surface area (Å²) < 4.78 is 6.47. The van der Waals surface area contributed by atoms with Crippen LogP contribution >= 0.6 is 24.8 Å². The summed E-state index contributed by atoms with van der Waals surface area (Å²) in [5, 5.41) is 0. The van der Waals surface area contributed by atoms with Gasteiger partial charge in [-0.1, -0.05) is 0 Å². The maximum atomic E-state index is 4.19. The molecule has 0 saturated heterocycles. The van der Waals surface area contributed by atoms with Crippen LogP contribution in [0.15, 0.2) is 75.7 Å². The molecule has 0 aliphatic heterocycles. The Morgan fingerprint density at radius 3 is 1.77 bits per heavy atom. The van der Waals surface area contributed by atoms with E-state index in [0.29, 0.717) is 0 Å². The van der Waals surface area contributed by atoms with E-state index in [0.717, 1.165) is 12.8 Å².